The van der Waals surface area contributed by atoms with Gasteiger partial charge in [0.2, 0.25) is 5.91 Å². The van der Waals surface area contributed by atoms with E-state index < -0.39 is 21.5 Å². The van der Waals surface area contributed by atoms with Gasteiger partial charge in [-0.2, -0.15) is 0 Å². The second kappa shape index (κ2) is 7.21. The maximum atomic E-state index is 12.2. The molecule has 23 heavy (non-hydrogen) atoms. The summed E-state index contributed by atoms with van der Waals surface area (Å²) in [7, 11) is -2.34. The molecule has 0 aromatic heterocycles. The van der Waals surface area contributed by atoms with Crippen LogP contribution in [0.3, 0.4) is 0 Å². The standard InChI is InChI=1S/C15H13Cl2NO4S/c1-22-14-7-4-11(17)8-13(14)18-15(19)9-23(20,21)12-5-2-10(16)3-6-12/h2-8H,9H2,1H3,(H,18,19). The molecule has 2 aromatic rings. The van der Waals surface area contributed by atoms with Crippen LogP contribution >= 0.6 is 23.2 Å². The Morgan fingerprint density at radius 1 is 1.09 bits per heavy atom. The zero-order valence-corrected chi connectivity index (χ0v) is 14.4. The molecule has 1 N–H and O–H groups in total. The molecule has 0 atom stereocenters. The van der Waals surface area contributed by atoms with Gasteiger partial charge in [-0.25, -0.2) is 8.42 Å². The van der Waals surface area contributed by atoms with Crippen LogP contribution in [0.2, 0.25) is 10.0 Å². The van der Waals surface area contributed by atoms with Crippen LogP contribution in [-0.2, 0) is 14.6 Å². The number of benzene rings is 2. The molecule has 5 nitrogen and oxygen atoms in total. The second-order valence-electron chi connectivity index (χ2n) is 4.61. The molecule has 0 aliphatic carbocycles. The van der Waals surface area contributed by atoms with Gasteiger partial charge in [0.05, 0.1) is 17.7 Å². The average Bonchev–Trinajstić information content (AvgIpc) is 2.47. The van der Waals surface area contributed by atoms with Crippen LogP contribution in [0.25, 0.3) is 0 Å². The number of methoxy groups -OCH3 is 1. The van der Waals surface area contributed by atoms with Gasteiger partial charge < -0.3 is 10.1 Å². The number of anilines is 1. The Hall–Kier alpha value is -1.76. The molecule has 0 bridgehead atoms. The van der Waals surface area contributed by atoms with Crippen molar-refractivity contribution >= 4 is 44.6 Å². The second-order valence-corrected chi connectivity index (χ2v) is 7.47. The highest BCUT2D eigenvalue weighted by Crippen LogP contribution is 2.27. The van der Waals surface area contributed by atoms with Crippen LogP contribution < -0.4 is 10.1 Å². The summed E-state index contributed by atoms with van der Waals surface area (Å²) >= 11 is 11.6. The number of hydrogen-bond donors (Lipinski definition) is 1. The maximum absolute atomic E-state index is 12.2. The molecule has 2 aromatic carbocycles. The first kappa shape index (κ1) is 17.6. The van der Waals surface area contributed by atoms with Gasteiger partial charge in [-0.1, -0.05) is 23.2 Å². The van der Waals surface area contributed by atoms with E-state index in [-0.39, 0.29) is 4.90 Å². The third-order valence-corrected chi connectivity index (χ3v) is 5.05. The summed E-state index contributed by atoms with van der Waals surface area (Å²) in [5.41, 5.74) is 0.302. The highest BCUT2D eigenvalue weighted by Gasteiger charge is 2.20. The molecule has 0 aliphatic rings. The average molecular weight is 374 g/mol. The third kappa shape index (κ3) is 4.60. The Bertz CT molecular complexity index is 820. The smallest absolute Gasteiger partial charge is 0.240 e. The van der Waals surface area contributed by atoms with Gasteiger partial charge in [0.1, 0.15) is 11.5 Å². The van der Waals surface area contributed by atoms with Crippen LogP contribution in [-0.4, -0.2) is 27.2 Å². The largest absolute Gasteiger partial charge is 0.495 e. The van der Waals surface area contributed by atoms with Crippen LogP contribution in [0, 0.1) is 0 Å². The minimum atomic E-state index is -3.77. The number of amides is 1. The summed E-state index contributed by atoms with van der Waals surface area (Å²) in [5.74, 6) is -1.02. The number of nitrogens with one attached hydrogen (secondary N) is 1. The zero-order chi connectivity index (χ0) is 17.0. The normalized spacial score (nSPS) is 11.1. The van der Waals surface area contributed by atoms with E-state index in [9.17, 15) is 13.2 Å². The molecule has 2 rings (SSSR count). The number of carbonyl (C=O) groups excluding carboxylic acids is 1. The Kier molecular flexibility index (Phi) is 5.51. The molecule has 1 amide bonds. The number of ether oxygens (including phenoxy) is 1. The highest BCUT2D eigenvalue weighted by molar-refractivity contribution is 7.92. The van der Waals surface area contributed by atoms with E-state index in [0.717, 1.165) is 0 Å². The first-order valence-electron chi connectivity index (χ1n) is 6.43. The quantitative estimate of drug-likeness (QED) is 0.871. The zero-order valence-electron chi connectivity index (χ0n) is 12.0. The minimum Gasteiger partial charge on any atom is -0.495 e. The SMILES string of the molecule is COc1ccc(Cl)cc1NC(=O)CS(=O)(=O)c1ccc(Cl)cc1. The lowest BCUT2D eigenvalue weighted by Crippen LogP contribution is -2.23. The van der Waals surface area contributed by atoms with Gasteiger partial charge in [-0.05, 0) is 42.5 Å². The van der Waals surface area contributed by atoms with Crippen LogP contribution in [0.4, 0.5) is 5.69 Å². The lowest BCUT2D eigenvalue weighted by Gasteiger charge is -2.11. The van der Waals surface area contributed by atoms with Gasteiger partial charge in [0, 0.05) is 10.0 Å². The summed E-state index contributed by atoms with van der Waals surface area (Å²) in [6, 6.07) is 10.3. The first-order valence-corrected chi connectivity index (χ1v) is 8.84. The molecule has 0 radical (unpaired) electrons. The van der Waals surface area contributed by atoms with Crippen molar-refractivity contribution in [3.05, 3.63) is 52.5 Å². The summed E-state index contributed by atoms with van der Waals surface area (Å²) in [6.07, 6.45) is 0. The Morgan fingerprint density at radius 3 is 2.30 bits per heavy atom. The molecule has 8 heteroatoms. The fraction of sp³-hybridized carbons (Fsp3) is 0.133. The Labute approximate surface area is 144 Å². The molecule has 0 unspecified atom stereocenters. The van der Waals surface area contributed by atoms with Crippen molar-refractivity contribution in [2.75, 3.05) is 18.2 Å². The van der Waals surface area contributed by atoms with Crippen LogP contribution in [0.15, 0.2) is 47.4 Å². The first-order chi connectivity index (χ1) is 10.8. The topological polar surface area (TPSA) is 72.5 Å². The van der Waals surface area contributed by atoms with E-state index >= 15 is 0 Å². The number of hydrogen-bond acceptors (Lipinski definition) is 4. The fourth-order valence-electron chi connectivity index (χ4n) is 1.86. The van der Waals surface area contributed by atoms with Gasteiger partial charge >= 0.3 is 0 Å². The fourth-order valence-corrected chi connectivity index (χ4v) is 3.29. The van der Waals surface area contributed by atoms with Gasteiger partial charge in [-0.15, -0.1) is 0 Å². The Balaban J connectivity index is 2.16. The maximum Gasteiger partial charge on any atom is 0.240 e. The lowest BCUT2D eigenvalue weighted by atomic mass is 10.3. The minimum absolute atomic E-state index is 0.0232. The molecule has 0 aliphatic heterocycles. The van der Waals surface area contributed by atoms with Crippen molar-refractivity contribution < 1.29 is 17.9 Å². The van der Waals surface area contributed by atoms with Crippen molar-refractivity contribution in [3.8, 4) is 5.75 Å². The monoisotopic (exact) mass is 373 g/mol. The van der Waals surface area contributed by atoms with Crippen molar-refractivity contribution in [3.63, 3.8) is 0 Å². The molecule has 0 spiro atoms. The van der Waals surface area contributed by atoms with Crippen LogP contribution in [0.1, 0.15) is 0 Å². The van der Waals surface area contributed by atoms with E-state index in [1.165, 1.54) is 37.4 Å². The van der Waals surface area contributed by atoms with Gasteiger partial charge in [0.15, 0.2) is 9.84 Å². The number of carbonyl (C=O) groups is 1. The molecule has 122 valence electrons. The summed E-state index contributed by atoms with van der Waals surface area (Å²) < 4.78 is 29.5. The third-order valence-electron chi connectivity index (χ3n) is 2.93. The molecular formula is C15H13Cl2NO4S. The molecule has 0 saturated carbocycles. The highest BCUT2D eigenvalue weighted by atomic mass is 35.5. The summed E-state index contributed by atoms with van der Waals surface area (Å²) in [5, 5.41) is 3.29. The number of halogens is 2. The van der Waals surface area contributed by atoms with E-state index in [4.69, 9.17) is 27.9 Å². The van der Waals surface area contributed by atoms with Crippen LogP contribution in [0.5, 0.6) is 5.75 Å². The Morgan fingerprint density at radius 2 is 1.70 bits per heavy atom. The van der Waals surface area contributed by atoms with Crippen molar-refractivity contribution in [2.24, 2.45) is 0 Å². The predicted molar refractivity (Wildman–Crippen MR) is 90.1 cm³/mol. The van der Waals surface area contributed by atoms with Crippen molar-refractivity contribution in [1.29, 1.82) is 0 Å². The van der Waals surface area contributed by atoms with Crippen molar-refractivity contribution in [1.82, 2.24) is 0 Å². The summed E-state index contributed by atoms with van der Waals surface area (Å²) in [6.45, 7) is 0. The lowest BCUT2D eigenvalue weighted by molar-refractivity contribution is -0.113. The molecule has 0 heterocycles. The number of sulfone groups is 1. The molecule has 0 fully saturated rings. The predicted octanol–water partition coefficient (Wildman–Crippen LogP) is 3.41. The van der Waals surface area contributed by atoms with Gasteiger partial charge in [-0.3, -0.25) is 4.79 Å². The summed E-state index contributed by atoms with van der Waals surface area (Å²) in [4.78, 5) is 12.1. The molecule has 0 saturated heterocycles. The van der Waals surface area contributed by atoms with Gasteiger partial charge in [0.25, 0.3) is 0 Å². The van der Waals surface area contributed by atoms with E-state index in [0.29, 0.717) is 21.5 Å². The van der Waals surface area contributed by atoms with E-state index in [2.05, 4.69) is 5.32 Å². The number of rotatable bonds is 5. The van der Waals surface area contributed by atoms with E-state index in [1.807, 2.05) is 0 Å². The van der Waals surface area contributed by atoms with E-state index in [1.54, 1.807) is 12.1 Å². The van der Waals surface area contributed by atoms with Crippen molar-refractivity contribution in [2.45, 2.75) is 4.90 Å². The molecular weight excluding hydrogens is 361 g/mol.